The maximum absolute atomic E-state index is 12.2. The summed E-state index contributed by atoms with van der Waals surface area (Å²) >= 11 is 1.69. The minimum atomic E-state index is -0.00259. The van der Waals surface area contributed by atoms with Crippen LogP contribution < -0.4 is 5.32 Å². The van der Waals surface area contributed by atoms with Gasteiger partial charge in [0.2, 0.25) is 5.91 Å². The van der Waals surface area contributed by atoms with Crippen molar-refractivity contribution in [1.82, 2.24) is 15.2 Å². The number of hydrogen-bond acceptors (Lipinski definition) is 4. The van der Waals surface area contributed by atoms with Gasteiger partial charge in [0.25, 0.3) is 0 Å². The second kappa shape index (κ2) is 7.90. The van der Waals surface area contributed by atoms with Crippen LogP contribution in [0.2, 0.25) is 0 Å². The molecule has 21 heavy (non-hydrogen) atoms. The number of likely N-dealkylation sites (tertiary alicyclic amines) is 1. The highest BCUT2D eigenvalue weighted by Gasteiger charge is 2.17. The van der Waals surface area contributed by atoms with Crippen LogP contribution in [-0.2, 0) is 4.79 Å². The predicted octanol–water partition coefficient (Wildman–Crippen LogP) is 3.20. The molecule has 0 aromatic carbocycles. The molecule has 0 radical (unpaired) electrons. The smallest absolute Gasteiger partial charge is 0.234 e. The molecule has 0 aliphatic carbocycles. The van der Waals surface area contributed by atoms with Crippen LogP contribution in [0, 0.1) is 13.8 Å². The zero-order valence-corrected chi connectivity index (χ0v) is 14.3. The van der Waals surface area contributed by atoms with Crippen molar-refractivity contribution in [1.29, 1.82) is 0 Å². The first kappa shape index (κ1) is 16.4. The maximum Gasteiger partial charge on any atom is 0.234 e. The van der Waals surface area contributed by atoms with Gasteiger partial charge in [-0.2, -0.15) is 0 Å². The quantitative estimate of drug-likeness (QED) is 0.929. The minimum absolute atomic E-state index is 0.00259. The van der Waals surface area contributed by atoms with Gasteiger partial charge in [-0.25, -0.2) is 4.98 Å². The molecule has 1 amide bonds. The Morgan fingerprint density at radius 2 is 1.86 bits per heavy atom. The number of nitrogens with zero attached hydrogens (tertiary/aromatic N) is 2. The largest absolute Gasteiger partial charge is 0.347 e. The van der Waals surface area contributed by atoms with Gasteiger partial charge in [0, 0.05) is 4.88 Å². The molecule has 118 valence electrons. The summed E-state index contributed by atoms with van der Waals surface area (Å²) in [6.07, 6.45) is 6.37. The molecule has 0 spiro atoms. The number of carbonyl (C=O) groups is 1. The van der Waals surface area contributed by atoms with Crippen molar-refractivity contribution in [3.63, 3.8) is 0 Å². The van der Waals surface area contributed by atoms with Crippen molar-refractivity contribution in [3.05, 3.63) is 15.6 Å². The van der Waals surface area contributed by atoms with Gasteiger partial charge in [0.1, 0.15) is 0 Å². The third-order valence-corrected chi connectivity index (χ3v) is 4.94. The number of carbonyl (C=O) groups excluding carboxylic acids is 1. The van der Waals surface area contributed by atoms with Crippen molar-refractivity contribution >= 4 is 17.2 Å². The zero-order valence-electron chi connectivity index (χ0n) is 13.4. The standard InChI is InChI=1S/C16H27N3OS/c1-12(16-13(2)21-14(3)18-16)17-15(20)11-19-9-7-5-4-6-8-10-19/h12H,4-11H2,1-3H3,(H,17,20)/t12-/m1/s1. The third kappa shape index (κ3) is 5.08. The van der Waals surface area contributed by atoms with Crippen LogP contribution in [0.25, 0.3) is 0 Å². The first-order valence-electron chi connectivity index (χ1n) is 8.02. The van der Waals surface area contributed by atoms with Gasteiger partial charge in [-0.05, 0) is 46.7 Å². The summed E-state index contributed by atoms with van der Waals surface area (Å²) in [5.41, 5.74) is 1.01. The molecule has 5 heteroatoms. The Morgan fingerprint density at radius 1 is 1.24 bits per heavy atom. The lowest BCUT2D eigenvalue weighted by atomic mass is 10.1. The summed E-state index contributed by atoms with van der Waals surface area (Å²) in [5, 5.41) is 4.16. The Morgan fingerprint density at radius 3 is 2.43 bits per heavy atom. The topological polar surface area (TPSA) is 45.2 Å². The lowest BCUT2D eigenvalue weighted by Gasteiger charge is -2.24. The molecule has 0 saturated carbocycles. The van der Waals surface area contributed by atoms with Crippen LogP contribution in [-0.4, -0.2) is 35.4 Å². The second-order valence-electron chi connectivity index (χ2n) is 6.01. The van der Waals surface area contributed by atoms with Crippen molar-refractivity contribution in [3.8, 4) is 0 Å². The second-order valence-corrected chi connectivity index (χ2v) is 7.41. The first-order valence-corrected chi connectivity index (χ1v) is 8.83. The van der Waals surface area contributed by atoms with Crippen LogP contribution in [0.1, 0.15) is 60.6 Å². The lowest BCUT2D eigenvalue weighted by Crippen LogP contribution is -2.39. The van der Waals surface area contributed by atoms with Gasteiger partial charge in [-0.15, -0.1) is 11.3 Å². The molecule has 1 aromatic heterocycles. The Kier molecular flexibility index (Phi) is 6.18. The number of amides is 1. The number of thiazole rings is 1. The minimum Gasteiger partial charge on any atom is -0.347 e. The van der Waals surface area contributed by atoms with E-state index in [1.54, 1.807) is 11.3 Å². The van der Waals surface area contributed by atoms with E-state index in [0.717, 1.165) is 23.8 Å². The van der Waals surface area contributed by atoms with Gasteiger partial charge in [0.05, 0.1) is 23.3 Å². The van der Waals surface area contributed by atoms with E-state index in [9.17, 15) is 4.79 Å². The number of nitrogens with one attached hydrogen (secondary N) is 1. The monoisotopic (exact) mass is 309 g/mol. The van der Waals surface area contributed by atoms with E-state index in [1.807, 2.05) is 13.8 Å². The molecular formula is C16H27N3OS. The van der Waals surface area contributed by atoms with E-state index in [2.05, 4.69) is 22.1 Å². The van der Waals surface area contributed by atoms with Crippen molar-refractivity contribution in [2.45, 2.75) is 58.9 Å². The van der Waals surface area contributed by atoms with E-state index in [0.29, 0.717) is 6.54 Å². The van der Waals surface area contributed by atoms with Crippen molar-refractivity contribution < 1.29 is 4.79 Å². The number of aromatic nitrogens is 1. The van der Waals surface area contributed by atoms with E-state index >= 15 is 0 Å². The summed E-state index contributed by atoms with van der Waals surface area (Å²) in [6, 6.07) is -0.00259. The molecule has 1 N–H and O–H groups in total. The van der Waals surface area contributed by atoms with E-state index in [-0.39, 0.29) is 11.9 Å². The molecule has 4 nitrogen and oxygen atoms in total. The first-order chi connectivity index (χ1) is 10.1. The summed E-state index contributed by atoms with van der Waals surface area (Å²) in [5.74, 6) is 0.119. The lowest BCUT2D eigenvalue weighted by molar-refractivity contribution is -0.123. The summed E-state index contributed by atoms with van der Waals surface area (Å²) in [6.45, 7) is 8.73. The van der Waals surface area contributed by atoms with Crippen molar-refractivity contribution in [2.24, 2.45) is 0 Å². The Labute approximate surface area is 132 Å². The van der Waals surface area contributed by atoms with Gasteiger partial charge < -0.3 is 5.32 Å². The zero-order chi connectivity index (χ0) is 15.2. The molecule has 2 heterocycles. The van der Waals surface area contributed by atoms with E-state index in [1.165, 1.54) is 37.0 Å². The fourth-order valence-corrected chi connectivity index (χ4v) is 3.89. The molecular weight excluding hydrogens is 282 g/mol. The predicted molar refractivity (Wildman–Crippen MR) is 87.7 cm³/mol. The number of hydrogen-bond donors (Lipinski definition) is 1. The van der Waals surface area contributed by atoms with Crippen LogP contribution in [0.4, 0.5) is 0 Å². The summed E-state index contributed by atoms with van der Waals surface area (Å²) in [7, 11) is 0. The van der Waals surface area contributed by atoms with E-state index in [4.69, 9.17) is 0 Å². The summed E-state index contributed by atoms with van der Waals surface area (Å²) in [4.78, 5) is 20.3. The molecule has 1 fully saturated rings. The Bertz CT molecular complexity index is 464. The van der Waals surface area contributed by atoms with Crippen LogP contribution >= 0.6 is 11.3 Å². The molecule has 1 saturated heterocycles. The Hall–Kier alpha value is -0.940. The highest BCUT2D eigenvalue weighted by molar-refractivity contribution is 7.11. The summed E-state index contributed by atoms with van der Waals surface area (Å²) < 4.78 is 0. The molecule has 1 atom stereocenters. The average Bonchev–Trinajstić information content (AvgIpc) is 2.71. The van der Waals surface area contributed by atoms with Crippen LogP contribution in [0.3, 0.4) is 0 Å². The molecule has 0 bridgehead atoms. The maximum atomic E-state index is 12.2. The third-order valence-electron chi connectivity index (χ3n) is 4.04. The Balaban J connectivity index is 1.84. The number of aryl methyl sites for hydroxylation is 2. The number of rotatable bonds is 4. The fraction of sp³-hybridized carbons (Fsp3) is 0.750. The molecule has 2 rings (SSSR count). The molecule has 0 unspecified atom stereocenters. The average molecular weight is 309 g/mol. The van der Waals surface area contributed by atoms with Gasteiger partial charge in [-0.1, -0.05) is 19.3 Å². The van der Waals surface area contributed by atoms with Gasteiger partial charge in [-0.3, -0.25) is 9.69 Å². The van der Waals surface area contributed by atoms with Crippen molar-refractivity contribution in [2.75, 3.05) is 19.6 Å². The van der Waals surface area contributed by atoms with Crippen LogP contribution in [0.15, 0.2) is 0 Å². The molecule has 1 aromatic rings. The highest BCUT2D eigenvalue weighted by atomic mass is 32.1. The molecule has 1 aliphatic heterocycles. The molecule has 1 aliphatic rings. The normalized spacial score (nSPS) is 18.8. The fourth-order valence-electron chi connectivity index (χ4n) is 2.98. The van der Waals surface area contributed by atoms with E-state index < -0.39 is 0 Å². The highest BCUT2D eigenvalue weighted by Crippen LogP contribution is 2.22. The van der Waals surface area contributed by atoms with Gasteiger partial charge >= 0.3 is 0 Å². The van der Waals surface area contributed by atoms with Crippen LogP contribution in [0.5, 0.6) is 0 Å². The SMILES string of the molecule is Cc1nc([C@@H](C)NC(=O)CN2CCCCCCC2)c(C)s1. The van der Waals surface area contributed by atoms with Gasteiger partial charge in [0.15, 0.2) is 0 Å².